The van der Waals surface area contributed by atoms with Crippen LogP contribution < -0.4 is 4.90 Å². The molecule has 0 heterocycles. The highest BCUT2D eigenvalue weighted by molar-refractivity contribution is 6.01. The lowest BCUT2D eigenvalue weighted by molar-refractivity contribution is -0.0399. The molecule has 0 aromatic heterocycles. The normalized spacial score (nSPS) is 24.4. The second-order valence-electron chi connectivity index (χ2n) is 15.4. The third-order valence-electron chi connectivity index (χ3n) is 13.0. The van der Waals surface area contributed by atoms with E-state index in [-0.39, 0.29) is 5.41 Å². The lowest BCUT2D eigenvalue weighted by atomic mass is 9.43. The molecule has 0 saturated heterocycles. The Kier molecular flexibility index (Phi) is 5.91. The molecule has 0 atom stereocenters. The van der Waals surface area contributed by atoms with Crippen LogP contribution in [0.4, 0.5) is 17.1 Å². The molecule has 7 aromatic carbocycles. The molecule has 4 fully saturated rings. The Morgan fingerprint density at radius 2 is 1.02 bits per heavy atom. The summed E-state index contributed by atoms with van der Waals surface area (Å²) in [5.41, 5.74) is 12.4. The minimum absolute atomic E-state index is 0.177. The van der Waals surface area contributed by atoms with Crippen molar-refractivity contribution in [2.24, 2.45) is 23.7 Å². The highest BCUT2D eigenvalue weighted by atomic mass is 15.1. The fourth-order valence-corrected chi connectivity index (χ4v) is 11.4. The van der Waals surface area contributed by atoms with Gasteiger partial charge in [0, 0.05) is 22.2 Å². The van der Waals surface area contributed by atoms with Crippen molar-refractivity contribution in [1.29, 1.82) is 0 Å². The number of anilines is 3. The Morgan fingerprint density at radius 3 is 1.84 bits per heavy atom. The average Bonchev–Trinajstić information content (AvgIpc) is 3.44. The Morgan fingerprint density at radius 1 is 0.429 bits per heavy atom. The zero-order chi connectivity index (χ0) is 32.1. The molecule has 5 aliphatic rings. The third kappa shape index (κ3) is 3.93. The van der Waals surface area contributed by atoms with Gasteiger partial charge in [0.05, 0.1) is 5.69 Å². The molecule has 0 unspecified atom stereocenters. The summed E-state index contributed by atoms with van der Waals surface area (Å²) in [4.78, 5) is 2.52. The molecule has 12 rings (SSSR count). The maximum atomic E-state index is 2.56. The van der Waals surface area contributed by atoms with Crippen molar-refractivity contribution in [3.8, 4) is 22.3 Å². The quantitative estimate of drug-likeness (QED) is 0.187. The van der Waals surface area contributed by atoms with Gasteiger partial charge in [0.2, 0.25) is 0 Å². The topological polar surface area (TPSA) is 3.24 Å². The number of rotatable bonds is 4. The summed E-state index contributed by atoms with van der Waals surface area (Å²) in [7, 11) is 0. The predicted molar refractivity (Wildman–Crippen MR) is 205 cm³/mol. The molecule has 236 valence electrons. The van der Waals surface area contributed by atoms with Crippen molar-refractivity contribution in [2.75, 3.05) is 4.90 Å². The van der Waals surface area contributed by atoms with E-state index in [1.165, 1.54) is 93.0 Å². The number of hydrogen-bond donors (Lipinski definition) is 0. The summed E-state index contributed by atoms with van der Waals surface area (Å²) in [6, 6.07) is 57.2. The fourth-order valence-electron chi connectivity index (χ4n) is 11.4. The molecule has 0 aliphatic heterocycles. The lowest BCUT2D eigenvalue weighted by Gasteiger charge is -2.61. The highest BCUT2D eigenvalue weighted by Crippen LogP contribution is 2.69. The molecule has 0 N–H and O–H groups in total. The van der Waals surface area contributed by atoms with Crippen LogP contribution in [0.2, 0.25) is 0 Å². The van der Waals surface area contributed by atoms with E-state index in [2.05, 4.69) is 157 Å². The first-order valence-corrected chi connectivity index (χ1v) is 18.4. The van der Waals surface area contributed by atoms with Gasteiger partial charge in [-0.3, -0.25) is 0 Å². The van der Waals surface area contributed by atoms with Gasteiger partial charge in [-0.05, 0) is 136 Å². The van der Waals surface area contributed by atoms with Gasteiger partial charge in [0.1, 0.15) is 0 Å². The predicted octanol–water partition coefficient (Wildman–Crippen LogP) is 12.9. The Hall–Kier alpha value is -5.14. The molecule has 1 heteroatoms. The summed E-state index contributed by atoms with van der Waals surface area (Å²) < 4.78 is 0. The van der Waals surface area contributed by atoms with Gasteiger partial charge >= 0.3 is 0 Å². The largest absolute Gasteiger partial charge is 0.310 e. The van der Waals surface area contributed by atoms with Crippen LogP contribution in [0.25, 0.3) is 43.8 Å². The standard InChI is InChI=1S/C48H39N/c1-3-16-40-33(10-1)12-8-19-41(40)35-14-7-15-38(29-35)49(47-21-9-13-34-11-2-4-17-42(34)47)39-22-23-46-44(30-39)43-18-5-6-20-45(43)48(46)36-25-31-24-32(27-36)28-37(48)26-31/h1-23,29-32,36-37H,24-28H2. The van der Waals surface area contributed by atoms with Crippen molar-refractivity contribution >= 4 is 38.6 Å². The molecule has 5 aliphatic carbocycles. The summed E-state index contributed by atoms with van der Waals surface area (Å²) in [6.45, 7) is 0. The van der Waals surface area contributed by atoms with E-state index >= 15 is 0 Å². The first-order chi connectivity index (χ1) is 24.3. The van der Waals surface area contributed by atoms with Crippen molar-refractivity contribution in [3.63, 3.8) is 0 Å². The number of fused-ring (bicyclic) bond motifs is 5. The average molecular weight is 630 g/mol. The maximum absolute atomic E-state index is 2.56. The van der Waals surface area contributed by atoms with Crippen LogP contribution in [0.1, 0.15) is 43.2 Å². The third-order valence-corrected chi connectivity index (χ3v) is 13.0. The van der Waals surface area contributed by atoms with Crippen molar-refractivity contribution < 1.29 is 0 Å². The minimum atomic E-state index is 0.177. The van der Waals surface area contributed by atoms with Crippen LogP contribution in [0, 0.1) is 23.7 Å². The zero-order valence-corrected chi connectivity index (χ0v) is 27.7. The Balaban J connectivity index is 1.13. The van der Waals surface area contributed by atoms with Crippen LogP contribution in [-0.2, 0) is 5.41 Å². The fraction of sp³-hybridized carbons (Fsp3) is 0.208. The van der Waals surface area contributed by atoms with Gasteiger partial charge in [0.15, 0.2) is 0 Å². The van der Waals surface area contributed by atoms with Gasteiger partial charge in [-0.1, -0.05) is 121 Å². The first kappa shape index (κ1) is 27.8. The van der Waals surface area contributed by atoms with E-state index in [1.807, 2.05) is 0 Å². The number of nitrogens with zero attached hydrogens (tertiary/aromatic N) is 1. The van der Waals surface area contributed by atoms with Crippen molar-refractivity contribution in [1.82, 2.24) is 0 Å². The monoisotopic (exact) mass is 629 g/mol. The van der Waals surface area contributed by atoms with Crippen molar-refractivity contribution in [2.45, 2.75) is 37.5 Å². The summed E-state index contributed by atoms with van der Waals surface area (Å²) in [5, 5.41) is 5.08. The zero-order valence-electron chi connectivity index (χ0n) is 27.7. The van der Waals surface area contributed by atoms with E-state index in [0.29, 0.717) is 0 Å². The van der Waals surface area contributed by atoms with Gasteiger partial charge in [-0.2, -0.15) is 0 Å². The van der Waals surface area contributed by atoms with Crippen LogP contribution >= 0.6 is 0 Å². The summed E-state index contributed by atoms with van der Waals surface area (Å²) in [6.07, 6.45) is 7.11. The molecule has 0 radical (unpaired) electrons. The van der Waals surface area contributed by atoms with Gasteiger partial charge in [0.25, 0.3) is 0 Å². The van der Waals surface area contributed by atoms with E-state index in [1.54, 1.807) is 11.1 Å². The second-order valence-corrected chi connectivity index (χ2v) is 15.4. The SMILES string of the molecule is c1cc(-c2cccc3ccccc23)cc(N(c2ccc3c(c2)-c2ccccc2C32C3CC4CC(C3)CC2C4)c2cccc3ccccc23)c1. The molecule has 1 nitrogen and oxygen atoms in total. The van der Waals surface area contributed by atoms with E-state index < -0.39 is 0 Å². The van der Waals surface area contributed by atoms with Crippen LogP contribution in [0.3, 0.4) is 0 Å². The first-order valence-electron chi connectivity index (χ1n) is 18.4. The number of benzene rings is 7. The number of hydrogen-bond acceptors (Lipinski definition) is 1. The molecule has 49 heavy (non-hydrogen) atoms. The molecular weight excluding hydrogens is 591 g/mol. The van der Waals surface area contributed by atoms with Crippen LogP contribution in [0.5, 0.6) is 0 Å². The highest BCUT2D eigenvalue weighted by Gasteiger charge is 2.61. The van der Waals surface area contributed by atoms with Gasteiger partial charge in [-0.25, -0.2) is 0 Å². The smallest absolute Gasteiger partial charge is 0.0540 e. The van der Waals surface area contributed by atoms with Crippen molar-refractivity contribution in [3.05, 3.63) is 163 Å². The summed E-state index contributed by atoms with van der Waals surface area (Å²) >= 11 is 0. The Bertz CT molecular complexity index is 2390. The summed E-state index contributed by atoms with van der Waals surface area (Å²) in [5.74, 6) is 3.42. The molecular formula is C48H39N. The van der Waals surface area contributed by atoms with Crippen LogP contribution in [-0.4, -0.2) is 0 Å². The Labute approximate surface area is 288 Å². The van der Waals surface area contributed by atoms with Gasteiger partial charge < -0.3 is 4.90 Å². The molecule has 1 spiro atoms. The molecule has 0 amide bonds. The van der Waals surface area contributed by atoms with E-state index in [0.717, 1.165) is 23.7 Å². The molecule has 7 aromatic rings. The van der Waals surface area contributed by atoms with Crippen LogP contribution in [0.15, 0.2) is 152 Å². The van der Waals surface area contributed by atoms with E-state index in [4.69, 9.17) is 0 Å². The lowest BCUT2D eigenvalue weighted by Crippen LogP contribution is -2.55. The molecule has 4 saturated carbocycles. The molecule has 4 bridgehead atoms. The van der Waals surface area contributed by atoms with Gasteiger partial charge in [-0.15, -0.1) is 0 Å². The van der Waals surface area contributed by atoms with E-state index in [9.17, 15) is 0 Å². The second kappa shape index (κ2) is 10.4. The maximum Gasteiger partial charge on any atom is 0.0540 e. The minimum Gasteiger partial charge on any atom is -0.310 e.